The number of nitrogens with one attached hydrogen (secondary N) is 1. The largest absolute Gasteiger partial charge is 0.484 e. The van der Waals surface area contributed by atoms with Crippen LogP contribution in [0.5, 0.6) is 5.75 Å². The number of morpholine rings is 1. The van der Waals surface area contributed by atoms with Crippen LogP contribution >= 0.6 is 0 Å². The maximum absolute atomic E-state index is 12.8. The third-order valence-corrected chi connectivity index (χ3v) is 6.03. The van der Waals surface area contributed by atoms with Crippen molar-refractivity contribution in [2.45, 2.75) is 19.4 Å². The van der Waals surface area contributed by atoms with E-state index in [1.807, 2.05) is 48.5 Å². The summed E-state index contributed by atoms with van der Waals surface area (Å²) in [5, 5.41) is 3.07. The zero-order valence-corrected chi connectivity index (χ0v) is 18.4. The van der Waals surface area contributed by atoms with Gasteiger partial charge in [-0.05, 0) is 42.7 Å². The minimum Gasteiger partial charge on any atom is -0.484 e. The predicted octanol–water partition coefficient (Wildman–Crippen LogP) is 2.77. The highest BCUT2D eigenvalue weighted by molar-refractivity contribution is 5.92. The zero-order valence-electron chi connectivity index (χ0n) is 18.4. The number of carbonyl (C=O) groups is 2. The summed E-state index contributed by atoms with van der Waals surface area (Å²) in [5.74, 6) is 0.590. The molecule has 4 rings (SSSR count). The Morgan fingerprint density at radius 3 is 2.47 bits per heavy atom. The molecular formula is C25H31N3O4. The number of para-hydroxylation sites is 1. The molecule has 0 spiro atoms. The highest BCUT2D eigenvalue weighted by Crippen LogP contribution is 2.21. The first kappa shape index (κ1) is 22.3. The van der Waals surface area contributed by atoms with Gasteiger partial charge in [-0.25, -0.2) is 0 Å². The van der Waals surface area contributed by atoms with Crippen LogP contribution in [0.15, 0.2) is 54.6 Å². The summed E-state index contributed by atoms with van der Waals surface area (Å²) in [4.78, 5) is 29.4. The fourth-order valence-corrected chi connectivity index (χ4v) is 4.15. The van der Waals surface area contributed by atoms with Crippen LogP contribution in [0.2, 0.25) is 0 Å². The lowest BCUT2D eigenvalue weighted by Crippen LogP contribution is -2.43. The molecule has 0 aromatic heterocycles. The summed E-state index contributed by atoms with van der Waals surface area (Å²) >= 11 is 0. The Hall–Kier alpha value is -2.90. The Bertz CT molecular complexity index is 891. The van der Waals surface area contributed by atoms with E-state index in [1.165, 1.54) is 5.56 Å². The fourth-order valence-electron chi connectivity index (χ4n) is 4.15. The highest BCUT2D eigenvalue weighted by atomic mass is 16.5. The molecule has 1 N–H and O–H groups in total. The molecule has 2 heterocycles. The third-order valence-electron chi connectivity index (χ3n) is 6.03. The summed E-state index contributed by atoms with van der Waals surface area (Å²) < 4.78 is 11.0. The smallest absolute Gasteiger partial charge is 0.260 e. The molecule has 2 aromatic carbocycles. The van der Waals surface area contributed by atoms with Crippen molar-refractivity contribution in [2.24, 2.45) is 5.92 Å². The van der Waals surface area contributed by atoms with Gasteiger partial charge in [-0.2, -0.15) is 0 Å². The summed E-state index contributed by atoms with van der Waals surface area (Å²) in [6.07, 6.45) is 1.33. The lowest BCUT2D eigenvalue weighted by atomic mass is 9.95. The van der Waals surface area contributed by atoms with Gasteiger partial charge in [0.05, 0.1) is 13.2 Å². The fraction of sp³-hybridized carbons (Fsp3) is 0.440. The molecule has 0 saturated carbocycles. The van der Waals surface area contributed by atoms with Gasteiger partial charge in [-0.3, -0.25) is 14.5 Å². The molecule has 0 bridgehead atoms. The normalized spacial score (nSPS) is 17.7. The van der Waals surface area contributed by atoms with Crippen LogP contribution in [-0.2, 0) is 20.9 Å². The van der Waals surface area contributed by atoms with Crippen LogP contribution in [-0.4, -0.2) is 67.6 Å². The number of hydrogen-bond acceptors (Lipinski definition) is 5. The van der Waals surface area contributed by atoms with Crippen molar-refractivity contribution < 1.29 is 19.1 Å². The number of piperidine rings is 1. The van der Waals surface area contributed by atoms with Crippen LogP contribution in [0.3, 0.4) is 0 Å². The molecule has 2 amide bonds. The van der Waals surface area contributed by atoms with Crippen LogP contribution in [0.25, 0.3) is 0 Å². The molecule has 0 aliphatic carbocycles. The van der Waals surface area contributed by atoms with Gasteiger partial charge in [0.15, 0.2) is 6.61 Å². The Morgan fingerprint density at radius 2 is 1.72 bits per heavy atom. The highest BCUT2D eigenvalue weighted by Gasteiger charge is 2.27. The van der Waals surface area contributed by atoms with E-state index in [0.29, 0.717) is 31.7 Å². The zero-order chi connectivity index (χ0) is 22.2. The molecule has 2 aliphatic rings. The van der Waals surface area contributed by atoms with E-state index in [2.05, 4.69) is 16.3 Å². The van der Waals surface area contributed by atoms with E-state index >= 15 is 0 Å². The van der Waals surface area contributed by atoms with Crippen molar-refractivity contribution in [3.05, 3.63) is 60.2 Å². The average Bonchev–Trinajstić information content (AvgIpc) is 2.84. The van der Waals surface area contributed by atoms with E-state index in [9.17, 15) is 9.59 Å². The number of likely N-dealkylation sites (tertiary alicyclic amines) is 1. The molecule has 2 fully saturated rings. The monoisotopic (exact) mass is 437 g/mol. The first-order chi connectivity index (χ1) is 15.7. The molecule has 2 saturated heterocycles. The number of amides is 2. The van der Waals surface area contributed by atoms with Gasteiger partial charge in [-0.15, -0.1) is 0 Å². The average molecular weight is 438 g/mol. The maximum atomic E-state index is 12.8. The number of ether oxygens (including phenoxy) is 2. The molecule has 170 valence electrons. The minimum absolute atomic E-state index is 0.0246. The molecule has 7 heteroatoms. The van der Waals surface area contributed by atoms with Crippen molar-refractivity contribution in [2.75, 3.05) is 51.3 Å². The molecular weight excluding hydrogens is 406 g/mol. The van der Waals surface area contributed by atoms with Gasteiger partial charge in [0.25, 0.3) is 5.91 Å². The lowest BCUT2D eigenvalue weighted by Gasteiger charge is -2.31. The number of anilines is 1. The number of nitrogens with zero attached hydrogens (tertiary/aromatic N) is 2. The van der Waals surface area contributed by atoms with Crippen LogP contribution in [0.1, 0.15) is 18.4 Å². The summed E-state index contributed by atoms with van der Waals surface area (Å²) in [5.41, 5.74) is 2.01. The molecule has 32 heavy (non-hydrogen) atoms. The quantitative estimate of drug-likeness (QED) is 0.721. The van der Waals surface area contributed by atoms with E-state index in [1.54, 1.807) is 4.90 Å². The van der Waals surface area contributed by atoms with E-state index in [-0.39, 0.29) is 24.3 Å². The van der Waals surface area contributed by atoms with Gasteiger partial charge in [0.1, 0.15) is 5.75 Å². The predicted molar refractivity (Wildman–Crippen MR) is 122 cm³/mol. The van der Waals surface area contributed by atoms with Gasteiger partial charge < -0.3 is 19.7 Å². The Morgan fingerprint density at radius 1 is 0.969 bits per heavy atom. The molecule has 2 aliphatic heterocycles. The van der Waals surface area contributed by atoms with Gasteiger partial charge in [0, 0.05) is 44.3 Å². The summed E-state index contributed by atoms with van der Waals surface area (Å²) in [7, 11) is 0. The third kappa shape index (κ3) is 6.31. The number of hydrogen-bond donors (Lipinski definition) is 1. The van der Waals surface area contributed by atoms with Crippen LogP contribution < -0.4 is 10.1 Å². The Kier molecular flexibility index (Phi) is 7.74. The summed E-state index contributed by atoms with van der Waals surface area (Å²) in [6.45, 7) is 5.45. The van der Waals surface area contributed by atoms with Crippen molar-refractivity contribution >= 4 is 17.5 Å². The van der Waals surface area contributed by atoms with E-state index in [4.69, 9.17) is 9.47 Å². The number of carbonyl (C=O) groups excluding carboxylic acids is 2. The lowest BCUT2D eigenvalue weighted by molar-refractivity contribution is -0.136. The first-order valence-corrected chi connectivity index (χ1v) is 11.3. The molecule has 0 atom stereocenters. The Labute approximate surface area is 189 Å². The molecule has 0 unspecified atom stereocenters. The van der Waals surface area contributed by atoms with E-state index < -0.39 is 0 Å². The second-order valence-electron chi connectivity index (χ2n) is 8.33. The summed E-state index contributed by atoms with van der Waals surface area (Å²) in [6, 6.07) is 17.4. The second-order valence-corrected chi connectivity index (χ2v) is 8.33. The maximum Gasteiger partial charge on any atom is 0.260 e. The second kappa shape index (κ2) is 11.1. The Balaban J connectivity index is 1.22. The van der Waals surface area contributed by atoms with Crippen molar-refractivity contribution in [3.8, 4) is 5.75 Å². The SMILES string of the molecule is O=C(Nc1cccc(CN2CCOCC2)c1)C1CCN(C(=O)COc2ccccc2)CC1. The van der Waals surface area contributed by atoms with Crippen molar-refractivity contribution in [3.63, 3.8) is 0 Å². The van der Waals surface area contributed by atoms with Gasteiger partial charge >= 0.3 is 0 Å². The van der Waals surface area contributed by atoms with Crippen LogP contribution in [0, 0.1) is 5.92 Å². The first-order valence-electron chi connectivity index (χ1n) is 11.3. The minimum atomic E-state index is -0.0861. The van der Waals surface area contributed by atoms with Crippen LogP contribution in [0.4, 0.5) is 5.69 Å². The topological polar surface area (TPSA) is 71.1 Å². The van der Waals surface area contributed by atoms with Crippen molar-refractivity contribution in [1.82, 2.24) is 9.80 Å². The number of benzene rings is 2. The number of rotatable bonds is 7. The van der Waals surface area contributed by atoms with Gasteiger partial charge in [-0.1, -0.05) is 30.3 Å². The molecule has 7 nitrogen and oxygen atoms in total. The van der Waals surface area contributed by atoms with E-state index in [0.717, 1.165) is 38.5 Å². The molecule has 2 aromatic rings. The molecule has 0 radical (unpaired) electrons. The standard InChI is InChI=1S/C25H31N3O4/c29-24(19-32-23-7-2-1-3-8-23)28-11-9-21(10-12-28)25(30)26-22-6-4-5-20(17-22)18-27-13-15-31-16-14-27/h1-8,17,21H,9-16,18-19H2,(H,26,30). The van der Waals surface area contributed by atoms with Gasteiger partial charge in [0.2, 0.25) is 5.91 Å². The van der Waals surface area contributed by atoms with Crippen molar-refractivity contribution in [1.29, 1.82) is 0 Å².